The third kappa shape index (κ3) is 3.74. The van der Waals surface area contributed by atoms with E-state index in [9.17, 15) is 14.4 Å². The number of carbonyl (C=O) groups excluding carboxylic acids is 1. The number of hydrogen-bond acceptors (Lipinski definition) is 6. The first-order valence-corrected chi connectivity index (χ1v) is 11.3. The minimum atomic E-state index is -0.513. The van der Waals surface area contributed by atoms with E-state index in [-0.39, 0.29) is 30.7 Å². The number of rotatable bonds is 5. The van der Waals surface area contributed by atoms with Crippen molar-refractivity contribution in [2.75, 3.05) is 11.9 Å². The molecule has 9 heteroatoms. The zero-order valence-corrected chi connectivity index (χ0v) is 18.4. The number of ether oxygens (including phenoxy) is 1. The van der Waals surface area contributed by atoms with Gasteiger partial charge in [0.2, 0.25) is 5.91 Å². The summed E-state index contributed by atoms with van der Waals surface area (Å²) < 4.78 is 8.65. The number of benzene rings is 1. The smallest absolute Gasteiger partial charge is 0.332 e. The summed E-state index contributed by atoms with van der Waals surface area (Å²) in [5, 5.41) is 3.52. The van der Waals surface area contributed by atoms with Gasteiger partial charge in [0.05, 0.1) is 18.2 Å². The number of anilines is 1. The van der Waals surface area contributed by atoms with Crippen LogP contribution < -0.4 is 16.6 Å². The molecule has 5 rings (SSSR count). The molecule has 1 saturated heterocycles. The number of nitrogens with zero attached hydrogens (tertiary/aromatic N) is 3. The number of thiophene rings is 1. The van der Waals surface area contributed by atoms with Gasteiger partial charge >= 0.3 is 5.69 Å². The molecule has 1 aromatic carbocycles. The van der Waals surface area contributed by atoms with Crippen LogP contribution in [0.15, 0.2) is 52.2 Å². The number of hydrogen-bond donors (Lipinski definition) is 1. The molecule has 8 nitrogen and oxygen atoms in total. The Bertz CT molecular complexity index is 1430. The van der Waals surface area contributed by atoms with Gasteiger partial charge in [0, 0.05) is 23.9 Å². The summed E-state index contributed by atoms with van der Waals surface area (Å²) in [5.74, 6) is -0.345. The van der Waals surface area contributed by atoms with Crippen molar-refractivity contribution in [3.63, 3.8) is 0 Å². The second-order valence-corrected chi connectivity index (χ2v) is 8.97. The highest BCUT2D eigenvalue weighted by Crippen LogP contribution is 2.29. The molecule has 1 aliphatic rings. The van der Waals surface area contributed by atoms with Crippen molar-refractivity contribution in [2.24, 2.45) is 0 Å². The van der Waals surface area contributed by atoms with Gasteiger partial charge in [-0.15, -0.1) is 11.3 Å². The summed E-state index contributed by atoms with van der Waals surface area (Å²) in [4.78, 5) is 44.6. The molecule has 1 N–H and O–H groups in total. The predicted octanol–water partition coefficient (Wildman–Crippen LogP) is 2.90. The first kappa shape index (κ1) is 20.6. The lowest BCUT2D eigenvalue weighted by Gasteiger charge is -2.15. The Hall–Kier alpha value is -3.30. The van der Waals surface area contributed by atoms with Crippen LogP contribution in [0, 0.1) is 6.92 Å². The molecule has 32 heavy (non-hydrogen) atoms. The van der Waals surface area contributed by atoms with Crippen LogP contribution in [-0.4, -0.2) is 32.7 Å². The van der Waals surface area contributed by atoms with E-state index in [1.165, 1.54) is 20.5 Å². The molecular weight excluding hydrogens is 428 g/mol. The molecule has 0 bridgehead atoms. The number of fused-ring (bicyclic) bond motifs is 3. The number of carbonyl (C=O) groups is 1. The monoisotopic (exact) mass is 450 g/mol. The third-order valence-electron chi connectivity index (χ3n) is 5.66. The summed E-state index contributed by atoms with van der Waals surface area (Å²) in [6.07, 6.45) is 3.17. The molecule has 0 spiro atoms. The lowest BCUT2D eigenvalue weighted by molar-refractivity contribution is -0.116. The van der Waals surface area contributed by atoms with Gasteiger partial charge in [-0.3, -0.25) is 18.7 Å². The lowest BCUT2D eigenvalue weighted by Crippen LogP contribution is -2.43. The van der Waals surface area contributed by atoms with Crippen LogP contribution in [0.3, 0.4) is 0 Å². The number of nitrogens with one attached hydrogen (secondary N) is 1. The van der Waals surface area contributed by atoms with Crippen molar-refractivity contribution in [2.45, 2.75) is 39.0 Å². The van der Waals surface area contributed by atoms with Crippen LogP contribution in [0.1, 0.15) is 18.4 Å². The van der Waals surface area contributed by atoms with Crippen LogP contribution in [0.25, 0.3) is 20.4 Å². The quantitative estimate of drug-likeness (QED) is 0.505. The minimum absolute atomic E-state index is 0.175. The number of aryl methyl sites for hydroxylation is 1. The van der Waals surface area contributed by atoms with Gasteiger partial charge in [0.15, 0.2) is 0 Å². The van der Waals surface area contributed by atoms with E-state index in [0.717, 1.165) is 18.4 Å². The Morgan fingerprint density at radius 1 is 1.22 bits per heavy atom. The van der Waals surface area contributed by atoms with Crippen LogP contribution in [0.5, 0.6) is 0 Å². The standard InChI is InChI=1S/C23H22N4O4S/c1-14-6-8-15(9-7-14)25-18(28)13-26-19-17-5-2-10-24-21(17)32-20(19)22(29)27(23(26)30)12-16-4-3-11-31-16/h2,5-10,16H,3-4,11-13H2,1H3,(H,25,28)/t16-/m0/s1. The highest BCUT2D eigenvalue weighted by atomic mass is 32.1. The van der Waals surface area contributed by atoms with Gasteiger partial charge < -0.3 is 10.1 Å². The van der Waals surface area contributed by atoms with Gasteiger partial charge in [-0.05, 0) is 44.0 Å². The van der Waals surface area contributed by atoms with E-state index in [1.54, 1.807) is 12.3 Å². The van der Waals surface area contributed by atoms with Crippen LogP contribution >= 0.6 is 11.3 Å². The summed E-state index contributed by atoms with van der Waals surface area (Å²) in [6.45, 7) is 2.56. The fraction of sp³-hybridized carbons (Fsp3) is 0.304. The largest absolute Gasteiger partial charge is 0.376 e. The fourth-order valence-corrected chi connectivity index (χ4v) is 5.16. The zero-order chi connectivity index (χ0) is 22.2. The second kappa shape index (κ2) is 8.33. The Balaban J connectivity index is 1.61. The maximum atomic E-state index is 13.4. The van der Waals surface area contributed by atoms with Gasteiger partial charge in [-0.25, -0.2) is 9.78 Å². The lowest BCUT2D eigenvalue weighted by atomic mass is 10.2. The molecule has 3 aromatic heterocycles. The highest BCUT2D eigenvalue weighted by molar-refractivity contribution is 7.25. The van der Waals surface area contributed by atoms with Gasteiger partial charge in [-0.1, -0.05) is 17.7 Å². The molecule has 4 heterocycles. The zero-order valence-electron chi connectivity index (χ0n) is 17.5. The van der Waals surface area contributed by atoms with Gasteiger partial charge in [0.1, 0.15) is 16.1 Å². The third-order valence-corrected chi connectivity index (χ3v) is 6.75. The van der Waals surface area contributed by atoms with Crippen LogP contribution in [0.2, 0.25) is 0 Å². The molecule has 1 fully saturated rings. The molecule has 0 saturated carbocycles. The van der Waals surface area contributed by atoms with E-state index in [0.29, 0.717) is 32.7 Å². The molecule has 0 radical (unpaired) electrons. The average Bonchev–Trinajstić information content (AvgIpc) is 3.44. The summed E-state index contributed by atoms with van der Waals surface area (Å²) in [6, 6.07) is 11.0. The Morgan fingerprint density at radius 2 is 2.03 bits per heavy atom. The number of aromatic nitrogens is 3. The number of pyridine rings is 1. The van der Waals surface area contributed by atoms with Gasteiger partial charge in [0.25, 0.3) is 5.56 Å². The predicted molar refractivity (Wildman–Crippen MR) is 124 cm³/mol. The van der Waals surface area contributed by atoms with E-state index in [4.69, 9.17) is 4.74 Å². The van der Waals surface area contributed by atoms with Crippen molar-refractivity contribution in [3.8, 4) is 0 Å². The van der Waals surface area contributed by atoms with Gasteiger partial charge in [-0.2, -0.15) is 0 Å². The van der Waals surface area contributed by atoms with Crippen molar-refractivity contribution in [1.29, 1.82) is 0 Å². The fourth-order valence-electron chi connectivity index (χ4n) is 4.06. The highest BCUT2D eigenvalue weighted by Gasteiger charge is 2.23. The molecular formula is C23H22N4O4S. The van der Waals surface area contributed by atoms with Crippen molar-refractivity contribution >= 4 is 43.4 Å². The van der Waals surface area contributed by atoms with E-state index in [1.807, 2.05) is 37.3 Å². The van der Waals surface area contributed by atoms with Crippen molar-refractivity contribution in [3.05, 3.63) is 69.0 Å². The SMILES string of the molecule is Cc1ccc(NC(=O)Cn2c(=O)n(C[C@@H]3CCCO3)c(=O)c3sc4ncccc4c32)cc1. The van der Waals surface area contributed by atoms with Crippen LogP contribution in [0.4, 0.5) is 5.69 Å². The second-order valence-electron chi connectivity index (χ2n) is 7.97. The first-order chi connectivity index (χ1) is 15.5. The first-order valence-electron chi connectivity index (χ1n) is 10.5. The number of amides is 1. The molecule has 0 aliphatic carbocycles. The Kier molecular flexibility index (Phi) is 5.36. The molecule has 164 valence electrons. The van der Waals surface area contributed by atoms with E-state index >= 15 is 0 Å². The molecule has 1 amide bonds. The molecule has 1 aliphatic heterocycles. The van der Waals surface area contributed by atoms with Crippen LogP contribution in [-0.2, 0) is 22.6 Å². The van der Waals surface area contributed by atoms with E-state index < -0.39 is 5.69 Å². The summed E-state index contributed by atoms with van der Waals surface area (Å²) in [7, 11) is 0. The Morgan fingerprint density at radius 3 is 2.78 bits per heavy atom. The summed E-state index contributed by atoms with van der Waals surface area (Å²) >= 11 is 1.24. The average molecular weight is 451 g/mol. The normalized spacial score (nSPS) is 16.1. The molecule has 0 unspecified atom stereocenters. The maximum absolute atomic E-state index is 13.4. The maximum Gasteiger partial charge on any atom is 0.332 e. The minimum Gasteiger partial charge on any atom is -0.376 e. The van der Waals surface area contributed by atoms with E-state index in [2.05, 4.69) is 10.3 Å². The van der Waals surface area contributed by atoms with Crippen molar-refractivity contribution in [1.82, 2.24) is 14.1 Å². The Labute approximate surface area is 187 Å². The molecule has 1 atom stereocenters. The topological polar surface area (TPSA) is 95.2 Å². The molecule has 4 aromatic rings. The summed E-state index contributed by atoms with van der Waals surface area (Å²) in [5.41, 5.74) is 1.31. The van der Waals surface area contributed by atoms with Crippen molar-refractivity contribution < 1.29 is 9.53 Å².